The highest BCUT2D eigenvalue weighted by Crippen LogP contribution is 2.42. The summed E-state index contributed by atoms with van der Waals surface area (Å²) in [5.41, 5.74) is 0. The summed E-state index contributed by atoms with van der Waals surface area (Å²) in [5.74, 6) is 0.413. The maximum absolute atomic E-state index is 12.0. The third-order valence-electron chi connectivity index (χ3n) is 2.66. The molecule has 0 spiro atoms. The number of hydrogen-bond acceptors (Lipinski definition) is 3. The van der Waals surface area contributed by atoms with Crippen LogP contribution in [-0.4, -0.2) is 19.6 Å². The van der Waals surface area contributed by atoms with E-state index in [1.54, 1.807) is 13.2 Å². The van der Waals surface area contributed by atoms with Gasteiger partial charge in [-0.05, 0) is 18.6 Å². The van der Waals surface area contributed by atoms with Gasteiger partial charge in [-0.25, -0.2) is 0 Å². The molecule has 19 heavy (non-hydrogen) atoms. The summed E-state index contributed by atoms with van der Waals surface area (Å²) in [7, 11) is 1.55. The van der Waals surface area contributed by atoms with E-state index in [4.69, 9.17) is 27.9 Å². The van der Waals surface area contributed by atoms with Gasteiger partial charge >= 0.3 is 0 Å². The van der Waals surface area contributed by atoms with E-state index in [9.17, 15) is 4.79 Å². The maximum atomic E-state index is 12.0. The van der Waals surface area contributed by atoms with Crippen molar-refractivity contribution in [2.24, 2.45) is 0 Å². The number of ether oxygens (including phenoxy) is 1. The summed E-state index contributed by atoms with van der Waals surface area (Å²) >= 11 is 13.8. The van der Waals surface area contributed by atoms with Crippen molar-refractivity contribution in [1.82, 2.24) is 5.32 Å². The third kappa shape index (κ3) is 2.66. The lowest BCUT2D eigenvalue weighted by Crippen LogP contribution is -2.23. The zero-order valence-electron chi connectivity index (χ0n) is 10.5. The van der Waals surface area contributed by atoms with Crippen LogP contribution in [0, 0.1) is 0 Å². The van der Waals surface area contributed by atoms with Gasteiger partial charge in [0.25, 0.3) is 5.91 Å². The number of halogens is 2. The number of carbonyl (C=O) groups is 1. The predicted molar refractivity (Wildman–Crippen MR) is 81.0 cm³/mol. The Balaban J connectivity index is 2.50. The second kappa shape index (κ2) is 5.99. The number of carbonyl (C=O) groups excluding carboxylic acids is 1. The van der Waals surface area contributed by atoms with E-state index in [0.29, 0.717) is 27.2 Å². The van der Waals surface area contributed by atoms with Crippen LogP contribution in [0.15, 0.2) is 12.1 Å². The van der Waals surface area contributed by atoms with Gasteiger partial charge in [-0.3, -0.25) is 4.79 Å². The van der Waals surface area contributed by atoms with Crippen LogP contribution < -0.4 is 10.1 Å². The summed E-state index contributed by atoms with van der Waals surface area (Å²) in [6.07, 6.45) is 0.878. The highest BCUT2D eigenvalue weighted by Gasteiger charge is 2.19. The molecule has 1 aromatic heterocycles. The molecule has 2 aromatic rings. The lowest BCUT2D eigenvalue weighted by Gasteiger charge is -2.02. The Hall–Kier alpha value is -0.970. The smallest absolute Gasteiger partial charge is 0.262 e. The normalized spacial score (nSPS) is 10.7. The lowest BCUT2D eigenvalue weighted by atomic mass is 10.2. The molecule has 1 heterocycles. The molecule has 0 unspecified atom stereocenters. The molecule has 0 aliphatic carbocycles. The van der Waals surface area contributed by atoms with Crippen molar-refractivity contribution in [3.05, 3.63) is 27.1 Å². The fourth-order valence-corrected chi connectivity index (χ4v) is 3.51. The van der Waals surface area contributed by atoms with E-state index in [2.05, 4.69) is 5.32 Å². The Morgan fingerprint density at radius 3 is 2.74 bits per heavy atom. The Morgan fingerprint density at radius 1 is 1.37 bits per heavy atom. The predicted octanol–water partition coefficient (Wildman–Crippen LogP) is 4.36. The second-order valence-electron chi connectivity index (χ2n) is 3.96. The molecule has 0 saturated heterocycles. The van der Waals surface area contributed by atoms with Gasteiger partial charge in [-0.15, -0.1) is 11.3 Å². The number of methoxy groups -OCH3 is 1. The molecular weight excluding hydrogens is 305 g/mol. The average molecular weight is 318 g/mol. The van der Waals surface area contributed by atoms with Crippen molar-refractivity contribution < 1.29 is 9.53 Å². The standard InChI is InChI=1S/C13H13Cl2NO2S/c1-3-6-16-13(17)12-9(14)7-4-5-8(18-2)10(15)11(7)19-12/h4-5H,3,6H2,1-2H3,(H,16,17). The van der Waals surface area contributed by atoms with Crippen molar-refractivity contribution >= 4 is 50.5 Å². The van der Waals surface area contributed by atoms with E-state index >= 15 is 0 Å². The van der Waals surface area contributed by atoms with Crippen molar-refractivity contribution in [2.75, 3.05) is 13.7 Å². The number of rotatable bonds is 4. The topological polar surface area (TPSA) is 38.3 Å². The van der Waals surface area contributed by atoms with E-state index < -0.39 is 0 Å². The molecule has 1 aromatic carbocycles. The first kappa shape index (κ1) is 14.4. The monoisotopic (exact) mass is 317 g/mol. The minimum atomic E-state index is -0.164. The largest absolute Gasteiger partial charge is 0.495 e. The van der Waals surface area contributed by atoms with Crippen molar-refractivity contribution in [3.63, 3.8) is 0 Å². The molecule has 2 rings (SSSR count). The van der Waals surface area contributed by atoms with Gasteiger partial charge in [0.2, 0.25) is 0 Å². The number of amides is 1. The lowest BCUT2D eigenvalue weighted by molar-refractivity contribution is 0.0958. The van der Waals surface area contributed by atoms with Gasteiger partial charge in [-0.1, -0.05) is 30.1 Å². The Kier molecular flexibility index (Phi) is 4.55. The number of benzene rings is 1. The van der Waals surface area contributed by atoms with Crippen LogP contribution in [0.4, 0.5) is 0 Å². The molecule has 0 atom stereocenters. The number of nitrogens with one attached hydrogen (secondary N) is 1. The van der Waals surface area contributed by atoms with Gasteiger partial charge in [0.15, 0.2) is 0 Å². The molecule has 3 nitrogen and oxygen atoms in total. The molecule has 0 aliphatic rings. The fourth-order valence-electron chi connectivity index (χ4n) is 1.70. The Morgan fingerprint density at radius 2 is 2.11 bits per heavy atom. The van der Waals surface area contributed by atoms with Crippen LogP contribution in [0.3, 0.4) is 0 Å². The Bertz CT molecular complexity index is 625. The summed E-state index contributed by atoms with van der Waals surface area (Å²) in [4.78, 5) is 12.5. The first-order valence-electron chi connectivity index (χ1n) is 5.82. The van der Waals surface area contributed by atoms with E-state index in [0.717, 1.165) is 16.5 Å². The number of thiophene rings is 1. The zero-order valence-corrected chi connectivity index (χ0v) is 12.9. The Labute approximate surface area is 125 Å². The first-order chi connectivity index (χ1) is 9.10. The number of hydrogen-bond donors (Lipinski definition) is 1. The van der Waals surface area contributed by atoms with Crippen LogP contribution >= 0.6 is 34.5 Å². The molecular formula is C13H13Cl2NO2S. The number of fused-ring (bicyclic) bond motifs is 1. The van der Waals surface area contributed by atoms with Gasteiger partial charge in [-0.2, -0.15) is 0 Å². The van der Waals surface area contributed by atoms with Crippen LogP contribution in [-0.2, 0) is 0 Å². The van der Waals surface area contributed by atoms with E-state index in [1.807, 2.05) is 13.0 Å². The maximum Gasteiger partial charge on any atom is 0.262 e. The van der Waals surface area contributed by atoms with E-state index in [-0.39, 0.29) is 5.91 Å². The van der Waals surface area contributed by atoms with Crippen molar-refractivity contribution in [1.29, 1.82) is 0 Å². The molecule has 1 N–H and O–H groups in total. The minimum Gasteiger partial charge on any atom is -0.495 e. The van der Waals surface area contributed by atoms with Crippen molar-refractivity contribution in [2.45, 2.75) is 13.3 Å². The van der Waals surface area contributed by atoms with Gasteiger partial charge in [0, 0.05) is 11.9 Å². The molecule has 0 bridgehead atoms. The molecule has 0 fully saturated rings. The van der Waals surface area contributed by atoms with Crippen LogP contribution in [0.2, 0.25) is 10.0 Å². The fraction of sp³-hybridized carbons (Fsp3) is 0.308. The summed E-state index contributed by atoms with van der Waals surface area (Å²) in [5, 5.41) is 4.52. The van der Waals surface area contributed by atoms with Crippen LogP contribution in [0.25, 0.3) is 10.1 Å². The average Bonchev–Trinajstić information content (AvgIpc) is 2.75. The molecule has 6 heteroatoms. The highest BCUT2D eigenvalue weighted by molar-refractivity contribution is 7.22. The third-order valence-corrected chi connectivity index (χ3v) is 4.88. The van der Waals surface area contributed by atoms with Gasteiger partial charge in [0.1, 0.15) is 15.6 Å². The zero-order chi connectivity index (χ0) is 14.0. The summed E-state index contributed by atoms with van der Waals surface area (Å²) < 4.78 is 5.93. The van der Waals surface area contributed by atoms with Gasteiger partial charge in [0.05, 0.1) is 16.8 Å². The SMILES string of the molecule is CCCNC(=O)c1sc2c(Cl)c(OC)ccc2c1Cl. The van der Waals surface area contributed by atoms with E-state index in [1.165, 1.54) is 11.3 Å². The highest BCUT2D eigenvalue weighted by atomic mass is 35.5. The second-order valence-corrected chi connectivity index (χ2v) is 5.74. The first-order valence-corrected chi connectivity index (χ1v) is 7.40. The minimum absolute atomic E-state index is 0.164. The summed E-state index contributed by atoms with van der Waals surface area (Å²) in [6.45, 7) is 2.62. The molecule has 0 aliphatic heterocycles. The summed E-state index contributed by atoms with van der Waals surface area (Å²) in [6, 6.07) is 3.56. The molecule has 0 saturated carbocycles. The quantitative estimate of drug-likeness (QED) is 0.910. The molecule has 1 amide bonds. The van der Waals surface area contributed by atoms with Crippen molar-refractivity contribution in [3.8, 4) is 5.75 Å². The molecule has 102 valence electrons. The molecule has 0 radical (unpaired) electrons. The van der Waals surface area contributed by atoms with Crippen LogP contribution in [0.5, 0.6) is 5.75 Å². The van der Waals surface area contributed by atoms with Gasteiger partial charge < -0.3 is 10.1 Å². The van der Waals surface area contributed by atoms with Crippen LogP contribution in [0.1, 0.15) is 23.0 Å².